The van der Waals surface area contributed by atoms with E-state index in [2.05, 4.69) is 23.8 Å². The van der Waals surface area contributed by atoms with Crippen LogP contribution in [-0.4, -0.2) is 92.1 Å². The van der Waals surface area contributed by atoms with Crippen LogP contribution >= 0.6 is 0 Å². The zero-order valence-electron chi connectivity index (χ0n) is 34.8. The number of hydrogen-bond donors (Lipinski definition) is 0. The van der Waals surface area contributed by atoms with Gasteiger partial charge in [-0.15, -0.1) is 0 Å². The van der Waals surface area contributed by atoms with Crippen molar-refractivity contribution in [2.24, 2.45) is 40.9 Å². The molecule has 13 nitrogen and oxygen atoms in total. The number of aromatic nitrogens is 3. The van der Waals surface area contributed by atoms with E-state index in [0.717, 1.165) is 17.7 Å². The van der Waals surface area contributed by atoms with Crippen LogP contribution in [0.2, 0.25) is 0 Å². The van der Waals surface area contributed by atoms with Gasteiger partial charge in [-0.05, 0) is 69.4 Å². The minimum atomic E-state index is -1.97. The highest BCUT2D eigenvalue weighted by Crippen LogP contribution is 2.44. The van der Waals surface area contributed by atoms with Crippen molar-refractivity contribution in [3.8, 4) is 11.3 Å². The van der Waals surface area contributed by atoms with Crippen LogP contribution < -0.4 is 0 Å². The minimum absolute atomic E-state index is 0.0337. The van der Waals surface area contributed by atoms with Gasteiger partial charge in [0.25, 0.3) is 0 Å². The molecule has 0 N–H and O–H groups in total. The summed E-state index contributed by atoms with van der Waals surface area (Å²) in [6.45, 7) is 19.6. The Hall–Kier alpha value is -3.97. The van der Waals surface area contributed by atoms with E-state index < -0.39 is 71.3 Å². The average Bonchev–Trinajstić information content (AvgIpc) is 3.76. The molecular weight excluding hydrogens is 716 g/mol. The van der Waals surface area contributed by atoms with Gasteiger partial charge >= 0.3 is 12.1 Å². The number of cyclic esters (lactones) is 1. The van der Waals surface area contributed by atoms with Crippen LogP contribution in [0.3, 0.4) is 0 Å². The fourth-order valence-corrected chi connectivity index (χ4v) is 9.37. The molecule has 56 heavy (non-hydrogen) atoms. The molecule has 12 atom stereocenters. The van der Waals surface area contributed by atoms with Crippen molar-refractivity contribution in [1.29, 1.82) is 0 Å². The molecule has 3 aliphatic heterocycles. The summed E-state index contributed by atoms with van der Waals surface area (Å²) >= 11 is 0. The van der Waals surface area contributed by atoms with Gasteiger partial charge in [0.05, 0.1) is 30.3 Å². The fourth-order valence-electron chi connectivity index (χ4n) is 9.37. The second kappa shape index (κ2) is 17.7. The molecule has 0 aromatic carbocycles. The second-order valence-corrected chi connectivity index (χ2v) is 17.4. The van der Waals surface area contributed by atoms with E-state index in [-0.39, 0.29) is 36.6 Å². The molecule has 2 aromatic rings. The molecule has 0 spiro atoms. The topological polar surface area (TPSA) is 156 Å². The largest absolute Gasteiger partial charge is 0.457 e. The standard InChI is InChI=1S/C43H62N4O9/c1-11-34-43(23-48)37(47(41(52)56-43)18-13-12-17-46-22-33(45-24-46)32-15-14-16-44-21-32)29(6)35(49)26(3)20-42(9,10)38(30(7)36(50)31(8)39(51)54-34)55-40-28(5)25(2)19-27(4)53-40/h14-16,21-31,34,37-38,40H,11-13,17-20H2,1-10H3/t25-,26+,27+,28+,29-,30-,31+,34+,37+,38+,40-,43+/m0/s1. The van der Waals surface area contributed by atoms with Gasteiger partial charge in [-0.3, -0.25) is 29.1 Å². The molecular formula is C43H62N4O9. The van der Waals surface area contributed by atoms with Crippen LogP contribution in [0.4, 0.5) is 4.79 Å². The summed E-state index contributed by atoms with van der Waals surface area (Å²) in [7, 11) is 0. The number of esters is 1. The first-order chi connectivity index (χ1) is 26.4. The Morgan fingerprint density at radius 3 is 2.36 bits per heavy atom. The molecule has 0 unspecified atom stereocenters. The fraction of sp³-hybridized carbons (Fsp3) is 0.698. The monoisotopic (exact) mass is 778 g/mol. The molecule has 3 aliphatic rings. The van der Waals surface area contributed by atoms with Crippen LogP contribution in [0.5, 0.6) is 0 Å². The van der Waals surface area contributed by atoms with Crippen LogP contribution in [0, 0.1) is 40.9 Å². The zero-order valence-corrected chi connectivity index (χ0v) is 34.8. The van der Waals surface area contributed by atoms with E-state index >= 15 is 0 Å². The molecule has 0 aliphatic carbocycles. The van der Waals surface area contributed by atoms with E-state index in [1.54, 1.807) is 39.5 Å². The lowest BCUT2D eigenvalue weighted by molar-refractivity contribution is -0.267. The Bertz CT molecular complexity index is 1710. The number of aryl methyl sites for hydroxylation is 1. The predicted octanol–water partition coefficient (Wildman–Crippen LogP) is 6.71. The maximum atomic E-state index is 14.6. The first-order valence-corrected chi connectivity index (χ1v) is 20.4. The number of fused-ring (bicyclic) bond motifs is 1. The summed E-state index contributed by atoms with van der Waals surface area (Å²) in [6.07, 6.45) is 6.84. The number of nitrogens with zero attached hydrogens (tertiary/aromatic N) is 4. The Kier molecular flexibility index (Phi) is 13.6. The van der Waals surface area contributed by atoms with E-state index in [1.807, 2.05) is 50.6 Å². The predicted molar refractivity (Wildman–Crippen MR) is 208 cm³/mol. The number of Topliss-reactive ketones (excluding diaryl/α,β-unsaturated/α-hetero) is 2. The van der Waals surface area contributed by atoms with E-state index in [0.29, 0.717) is 38.0 Å². The summed E-state index contributed by atoms with van der Waals surface area (Å²) in [5, 5.41) is 0. The molecule has 3 fully saturated rings. The molecule has 5 heterocycles. The third-order valence-corrected chi connectivity index (χ3v) is 12.6. The lowest BCUT2D eigenvalue weighted by Gasteiger charge is -2.46. The van der Waals surface area contributed by atoms with Gasteiger partial charge in [0.15, 0.2) is 24.5 Å². The van der Waals surface area contributed by atoms with E-state index in [4.69, 9.17) is 18.9 Å². The van der Waals surface area contributed by atoms with Crippen molar-refractivity contribution < 1.29 is 42.9 Å². The lowest BCUT2D eigenvalue weighted by Crippen LogP contribution is -2.60. The van der Waals surface area contributed by atoms with E-state index in [1.165, 1.54) is 11.8 Å². The molecule has 5 rings (SSSR count). The van der Waals surface area contributed by atoms with Crippen LogP contribution in [-0.2, 0) is 44.7 Å². The molecule has 1 amide bonds. The summed E-state index contributed by atoms with van der Waals surface area (Å²) in [4.78, 5) is 80.0. The lowest BCUT2D eigenvalue weighted by atomic mass is 9.69. The van der Waals surface area contributed by atoms with Crippen LogP contribution in [0.1, 0.15) is 101 Å². The van der Waals surface area contributed by atoms with Gasteiger partial charge in [-0.1, -0.05) is 55.4 Å². The first kappa shape index (κ1) is 43.2. The Morgan fingerprint density at radius 1 is 0.982 bits per heavy atom. The third-order valence-electron chi connectivity index (χ3n) is 12.6. The average molecular weight is 779 g/mol. The number of pyridine rings is 1. The van der Waals surface area contributed by atoms with E-state index in [9.17, 15) is 24.0 Å². The number of ether oxygens (including phenoxy) is 4. The molecule has 3 saturated heterocycles. The molecule has 0 radical (unpaired) electrons. The SMILES string of the molecule is CC[C@H]1OC(=O)[C@H](C)C(=O)[C@H](C)[C@@H](O[C@@H]2O[C@H](C)C[C@H](C)[C@H]2C)C(C)(C)C[C@@H](C)C(=O)[C@H](C)[C@H]2N(CCCCn3cnc(-c4cccnc4)c3)C(=O)O[C@]12C=O. The van der Waals surface area contributed by atoms with Gasteiger partial charge in [-0.25, -0.2) is 9.78 Å². The molecule has 308 valence electrons. The quantitative estimate of drug-likeness (QED) is 0.109. The molecule has 0 saturated carbocycles. The van der Waals surface area contributed by atoms with Gasteiger partial charge < -0.3 is 23.5 Å². The first-order valence-electron chi connectivity index (χ1n) is 20.4. The summed E-state index contributed by atoms with van der Waals surface area (Å²) in [5.74, 6) is -4.42. The number of imidazole rings is 1. The minimum Gasteiger partial charge on any atom is -0.457 e. The van der Waals surface area contributed by atoms with Crippen molar-refractivity contribution in [3.63, 3.8) is 0 Å². The highest BCUT2D eigenvalue weighted by molar-refractivity contribution is 6.00. The van der Waals surface area contributed by atoms with Crippen molar-refractivity contribution in [3.05, 3.63) is 37.1 Å². The molecule has 2 aromatic heterocycles. The number of rotatable bonds is 10. The summed E-state index contributed by atoms with van der Waals surface area (Å²) in [5.41, 5.74) is -1.02. The number of amides is 1. The van der Waals surface area contributed by atoms with Crippen LogP contribution in [0.25, 0.3) is 11.3 Å². The van der Waals surface area contributed by atoms with Gasteiger partial charge in [0.2, 0.25) is 5.60 Å². The maximum Gasteiger partial charge on any atom is 0.411 e. The highest BCUT2D eigenvalue weighted by atomic mass is 16.7. The highest BCUT2D eigenvalue weighted by Gasteiger charge is 2.63. The molecule has 0 bridgehead atoms. The smallest absolute Gasteiger partial charge is 0.411 e. The van der Waals surface area contributed by atoms with Crippen molar-refractivity contribution >= 4 is 29.9 Å². The summed E-state index contributed by atoms with van der Waals surface area (Å²) in [6, 6.07) is 2.73. The van der Waals surface area contributed by atoms with Crippen molar-refractivity contribution in [2.45, 2.75) is 144 Å². The number of carbonyl (C=O) groups excluding carboxylic acids is 5. The number of unbranched alkanes of at least 4 members (excludes halogenated alkanes) is 1. The Morgan fingerprint density at radius 2 is 1.70 bits per heavy atom. The van der Waals surface area contributed by atoms with Gasteiger partial charge in [0.1, 0.15) is 11.7 Å². The second-order valence-electron chi connectivity index (χ2n) is 17.4. The van der Waals surface area contributed by atoms with Gasteiger partial charge in [0, 0.05) is 60.9 Å². The normalized spacial score (nSPS) is 35.7. The molecule has 13 heteroatoms. The van der Waals surface area contributed by atoms with Gasteiger partial charge in [-0.2, -0.15) is 0 Å². The van der Waals surface area contributed by atoms with Crippen molar-refractivity contribution in [1.82, 2.24) is 19.4 Å². The summed E-state index contributed by atoms with van der Waals surface area (Å²) < 4.78 is 27.0. The number of aldehydes is 1. The van der Waals surface area contributed by atoms with Crippen LogP contribution in [0.15, 0.2) is 37.1 Å². The Balaban J connectivity index is 1.43. The Labute approximate surface area is 331 Å². The number of hydrogen-bond acceptors (Lipinski definition) is 11. The zero-order chi connectivity index (χ0) is 41.1. The number of carbonyl (C=O) groups is 5. The number of ketones is 2. The maximum absolute atomic E-state index is 14.6. The van der Waals surface area contributed by atoms with Crippen molar-refractivity contribution in [2.75, 3.05) is 6.54 Å². The third kappa shape index (κ3) is 8.78.